The molecule has 134 valence electrons. The van der Waals surface area contributed by atoms with Crippen molar-refractivity contribution in [2.75, 3.05) is 31.3 Å². The van der Waals surface area contributed by atoms with E-state index in [1.165, 1.54) is 13.8 Å². The summed E-state index contributed by atoms with van der Waals surface area (Å²) in [6.45, 7) is 6.31. The van der Waals surface area contributed by atoms with E-state index in [-0.39, 0.29) is 32.0 Å². The molecule has 0 rings (SSSR count). The van der Waals surface area contributed by atoms with Gasteiger partial charge in [-0.15, -0.1) is 0 Å². The van der Waals surface area contributed by atoms with Gasteiger partial charge in [-0.3, -0.25) is 8.75 Å². The van der Waals surface area contributed by atoms with E-state index in [1.807, 2.05) is 0 Å². The predicted octanol–water partition coefficient (Wildman–Crippen LogP) is 1.38. The van der Waals surface area contributed by atoms with E-state index in [2.05, 4.69) is 0 Å². The fraction of sp³-hybridized carbons (Fsp3) is 1.00. The molecule has 22 heavy (non-hydrogen) atoms. The zero-order valence-electron chi connectivity index (χ0n) is 13.3. The Morgan fingerprint density at radius 3 is 2.00 bits per heavy atom. The van der Waals surface area contributed by atoms with Crippen molar-refractivity contribution in [2.45, 2.75) is 39.3 Å². The Morgan fingerprint density at radius 2 is 1.59 bits per heavy atom. The molecule has 0 bridgehead atoms. The predicted molar refractivity (Wildman–Crippen MR) is 84.5 cm³/mol. The first-order chi connectivity index (χ1) is 9.99. The third kappa shape index (κ3) is 7.52. The van der Waals surface area contributed by atoms with Crippen LogP contribution in [0.3, 0.4) is 0 Å². The van der Waals surface area contributed by atoms with Gasteiger partial charge in [0.15, 0.2) is 0 Å². The Morgan fingerprint density at radius 1 is 1.09 bits per heavy atom. The first-order valence-corrected chi connectivity index (χ1v) is 11.4. The van der Waals surface area contributed by atoms with Crippen molar-refractivity contribution in [3.63, 3.8) is 0 Å². The third-order valence-electron chi connectivity index (χ3n) is 2.67. The summed E-state index contributed by atoms with van der Waals surface area (Å²) >= 11 is 0. The fourth-order valence-electron chi connectivity index (χ4n) is 1.47. The number of thiol groups is 1. The van der Waals surface area contributed by atoms with Crippen LogP contribution >= 0.6 is 7.60 Å². The molecule has 0 amide bonds. The van der Waals surface area contributed by atoms with Crippen LogP contribution in [-0.2, 0) is 38.6 Å². The van der Waals surface area contributed by atoms with Crippen molar-refractivity contribution in [3.8, 4) is 0 Å². The summed E-state index contributed by atoms with van der Waals surface area (Å²) in [5.41, 5.74) is 0. The molecule has 0 spiro atoms. The van der Waals surface area contributed by atoms with Crippen molar-refractivity contribution in [1.82, 2.24) is 0 Å². The minimum absolute atomic E-state index is 0.0456. The lowest BCUT2D eigenvalue weighted by molar-refractivity contribution is 0.181. The van der Waals surface area contributed by atoms with Crippen molar-refractivity contribution in [1.29, 1.82) is 0 Å². The van der Waals surface area contributed by atoms with Crippen LogP contribution in [0.2, 0.25) is 0 Å². The highest BCUT2D eigenvalue weighted by atomic mass is 32.2. The largest absolute Gasteiger partial charge is 0.338 e. The molecule has 11 heteroatoms. The summed E-state index contributed by atoms with van der Waals surface area (Å²) in [6.07, 6.45) is -0.0456. The monoisotopic (exact) mass is 380 g/mol. The average Bonchev–Trinajstić information content (AvgIpc) is 2.36. The molecule has 8 nitrogen and oxygen atoms in total. The maximum atomic E-state index is 12.7. The molecule has 0 N–H and O–H groups in total. The van der Waals surface area contributed by atoms with Crippen molar-refractivity contribution < 1.29 is 34.6 Å². The van der Waals surface area contributed by atoms with Crippen LogP contribution in [0.15, 0.2) is 0 Å². The van der Waals surface area contributed by atoms with Crippen LogP contribution in [0.4, 0.5) is 0 Å². The molecule has 0 aromatic heterocycles. The second kappa shape index (κ2) is 9.34. The Labute approximate surface area is 134 Å². The Kier molecular flexibility index (Phi) is 9.35. The average molecular weight is 380 g/mol. The topological polar surface area (TPSA) is 113 Å². The maximum Gasteiger partial charge on any atom is 0.338 e. The second-order valence-corrected chi connectivity index (χ2v) is 10.7. The number of rotatable bonds is 12. The minimum atomic E-state index is -3.90. The lowest BCUT2D eigenvalue weighted by atomic mass is 10.2. The summed E-state index contributed by atoms with van der Waals surface area (Å²) < 4.78 is 72.1. The highest BCUT2D eigenvalue weighted by Crippen LogP contribution is 2.59. The van der Waals surface area contributed by atoms with Crippen LogP contribution in [0, 0.1) is 0 Å². The first kappa shape index (κ1) is 22.0. The van der Waals surface area contributed by atoms with E-state index in [4.69, 9.17) is 13.2 Å². The van der Waals surface area contributed by atoms with Crippen molar-refractivity contribution in [2.24, 2.45) is 0 Å². The highest BCUT2D eigenvalue weighted by molar-refractivity contribution is 7.86. The Hall–Kier alpha value is 0.01000. The molecular weight excluding hydrogens is 355 g/mol. The van der Waals surface area contributed by atoms with Gasteiger partial charge in [0.25, 0.3) is 10.1 Å². The molecule has 0 heterocycles. The molecule has 0 aromatic carbocycles. The molecule has 0 aromatic rings. The van der Waals surface area contributed by atoms with E-state index in [9.17, 15) is 21.4 Å². The minimum Gasteiger partial charge on any atom is -0.308 e. The molecule has 0 aliphatic carbocycles. The van der Waals surface area contributed by atoms with Crippen LogP contribution in [0.1, 0.15) is 34.1 Å². The number of hydrogen-bond acceptors (Lipinski definition) is 8. The summed E-state index contributed by atoms with van der Waals surface area (Å²) in [7, 11) is -10.1. The Balaban J connectivity index is 4.79. The van der Waals surface area contributed by atoms with Crippen LogP contribution in [-0.4, -0.2) is 53.3 Å². The van der Waals surface area contributed by atoms with Gasteiger partial charge in [-0.1, -0.05) is 0 Å². The summed E-state index contributed by atoms with van der Waals surface area (Å²) in [5.74, 6) is -0.641. The quantitative estimate of drug-likeness (QED) is 0.307. The molecule has 0 radical (unpaired) electrons. The van der Waals surface area contributed by atoms with Gasteiger partial charge in [-0.05, 0) is 34.1 Å². The van der Waals surface area contributed by atoms with E-state index >= 15 is 0 Å². The summed E-state index contributed by atoms with van der Waals surface area (Å²) in [5, 5.41) is -1.16. The molecule has 0 saturated heterocycles. The maximum absolute atomic E-state index is 12.7. The third-order valence-corrected chi connectivity index (χ3v) is 7.42. The zero-order valence-corrected chi connectivity index (χ0v) is 15.9. The van der Waals surface area contributed by atoms with E-state index in [0.717, 1.165) is 0 Å². The van der Waals surface area contributed by atoms with Crippen molar-refractivity contribution in [3.05, 3.63) is 0 Å². The molecule has 0 aliphatic heterocycles. The molecule has 0 fully saturated rings. The van der Waals surface area contributed by atoms with Gasteiger partial charge >= 0.3 is 7.60 Å². The van der Waals surface area contributed by atoms with Gasteiger partial charge in [0.2, 0.25) is 0 Å². The molecule has 0 aliphatic rings. The smallest absolute Gasteiger partial charge is 0.308 e. The van der Waals surface area contributed by atoms with E-state index in [0.29, 0.717) is 0 Å². The molecule has 0 saturated carbocycles. The van der Waals surface area contributed by atoms with E-state index < -0.39 is 39.3 Å². The lowest BCUT2D eigenvalue weighted by Crippen LogP contribution is -2.31. The molecular formula is C11H25O8PS2. The highest BCUT2D eigenvalue weighted by Gasteiger charge is 2.44. The van der Waals surface area contributed by atoms with Gasteiger partial charge in [0.1, 0.15) is 10.7 Å². The van der Waals surface area contributed by atoms with Gasteiger partial charge in [-0.2, -0.15) is 8.42 Å². The zero-order chi connectivity index (χ0) is 17.4. The standard InChI is InChI=1S/C11H25O8PS2/c1-5-17-20(12,18-6-2)11(3,4)10-19-22(15,16)9-7-8-21(13)14/h21H,5-10H2,1-4H3. The van der Waals surface area contributed by atoms with Crippen LogP contribution in [0.5, 0.6) is 0 Å². The van der Waals surface area contributed by atoms with Gasteiger partial charge in [-0.25, -0.2) is 8.42 Å². The van der Waals surface area contributed by atoms with E-state index in [1.54, 1.807) is 13.8 Å². The summed E-state index contributed by atoms with van der Waals surface area (Å²) in [4.78, 5) is 0. The van der Waals surface area contributed by atoms with Gasteiger partial charge < -0.3 is 9.05 Å². The SMILES string of the molecule is CCOP(=O)(OCC)C(C)(C)COS(=O)(=O)CCC[SH](=O)=O. The normalized spacial score (nSPS) is 13.7. The molecule has 0 atom stereocenters. The van der Waals surface area contributed by atoms with Gasteiger partial charge in [0, 0.05) is 5.75 Å². The van der Waals surface area contributed by atoms with Crippen molar-refractivity contribution >= 4 is 28.4 Å². The van der Waals surface area contributed by atoms with Crippen LogP contribution < -0.4 is 0 Å². The van der Waals surface area contributed by atoms with Crippen LogP contribution in [0.25, 0.3) is 0 Å². The van der Waals surface area contributed by atoms with Gasteiger partial charge in [0.05, 0.1) is 30.7 Å². The second-order valence-electron chi connectivity index (χ2n) is 5.08. The number of hydrogen-bond donors (Lipinski definition) is 1. The first-order valence-electron chi connectivity index (χ1n) is 6.88. The fourth-order valence-corrected chi connectivity index (χ4v) is 4.95. The summed E-state index contributed by atoms with van der Waals surface area (Å²) in [6, 6.07) is 0. The Bertz CT molecular complexity index is 534. The molecule has 0 unspecified atom stereocenters. The lowest BCUT2D eigenvalue weighted by Gasteiger charge is -2.32.